The van der Waals surface area contributed by atoms with Crippen molar-refractivity contribution in [3.63, 3.8) is 0 Å². The normalized spacial score (nSPS) is 11.2. The minimum atomic E-state index is -1.20. The summed E-state index contributed by atoms with van der Waals surface area (Å²) in [5.74, 6) is -1.23. The van der Waals surface area contributed by atoms with E-state index >= 15 is 0 Å². The molecule has 0 aliphatic rings. The standard InChI is InChI=1S/C20H26N4O2.ClH/c1-4-24(5-2)17-11-13(3)10-15(12-17)18(20(25)26)23-16-8-6-14(7-9-16)19(21)22;/h6-12,18,23H,4-5H2,1-3H3,(H3,21,22)(H,25,26);1H/p-1. The minimum Gasteiger partial charge on any atom is -0.548 e. The predicted octanol–water partition coefficient (Wildman–Crippen LogP) is 2.45. The van der Waals surface area contributed by atoms with Gasteiger partial charge in [-0.2, -0.15) is 0 Å². The number of hydrogen-bond acceptors (Lipinski definition) is 5. The molecule has 27 heavy (non-hydrogen) atoms. The molecule has 2 aromatic rings. The number of benzene rings is 2. The van der Waals surface area contributed by atoms with E-state index in [0.717, 1.165) is 24.3 Å². The van der Waals surface area contributed by atoms with E-state index in [2.05, 4.69) is 24.1 Å². The predicted molar refractivity (Wildman–Crippen MR) is 111 cm³/mol. The van der Waals surface area contributed by atoms with Crippen LogP contribution in [0.1, 0.15) is 36.6 Å². The van der Waals surface area contributed by atoms with Crippen LogP contribution in [0.4, 0.5) is 11.4 Å². The van der Waals surface area contributed by atoms with Crippen LogP contribution in [-0.2, 0) is 4.79 Å². The number of carbonyl (C=O) groups excluding carboxylic acids is 1. The summed E-state index contributed by atoms with van der Waals surface area (Å²) in [4.78, 5) is 13.9. The third-order valence-corrected chi connectivity index (χ3v) is 4.29. The molecule has 146 valence electrons. The molecule has 4 N–H and O–H groups in total. The summed E-state index contributed by atoms with van der Waals surface area (Å²) in [7, 11) is 0. The number of halogens is 1. The van der Waals surface area contributed by atoms with Crippen LogP contribution >= 0.6 is 12.4 Å². The van der Waals surface area contributed by atoms with Gasteiger partial charge in [-0.25, -0.2) is 0 Å². The highest BCUT2D eigenvalue weighted by molar-refractivity contribution is 5.95. The molecule has 0 spiro atoms. The highest BCUT2D eigenvalue weighted by atomic mass is 35.5. The molecule has 0 aromatic heterocycles. The summed E-state index contributed by atoms with van der Waals surface area (Å²) in [6, 6.07) is 11.6. The number of hydrogen-bond donors (Lipinski definition) is 3. The van der Waals surface area contributed by atoms with Gasteiger partial charge < -0.3 is 25.9 Å². The van der Waals surface area contributed by atoms with Gasteiger partial charge in [0.25, 0.3) is 0 Å². The lowest BCUT2D eigenvalue weighted by Gasteiger charge is -2.26. The fraction of sp³-hybridized carbons (Fsp3) is 0.300. The van der Waals surface area contributed by atoms with Gasteiger partial charge in [-0.3, -0.25) is 5.41 Å². The third-order valence-electron chi connectivity index (χ3n) is 4.29. The van der Waals surface area contributed by atoms with Crippen LogP contribution in [0, 0.1) is 12.3 Å². The second-order valence-corrected chi connectivity index (χ2v) is 6.16. The highest BCUT2D eigenvalue weighted by Crippen LogP contribution is 2.26. The van der Waals surface area contributed by atoms with Crippen molar-refractivity contribution in [2.24, 2.45) is 5.73 Å². The number of nitrogen functional groups attached to an aromatic ring is 1. The van der Waals surface area contributed by atoms with E-state index < -0.39 is 12.0 Å². The summed E-state index contributed by atoms with van der Waals surface area (Å²) >= 11 is 0. The summed E-state index contributed by atoms with van der Waals surface area (Å²) in [5, 5.41) is 22.2. The van der Waals surface area contributed by atoms with E-state index in [-0.39, 0.29) is 18.2 Å². The van der Waals surface area contributed by atoms with Crippen LogP contribution < -0.4 is 21.1 Å². The zero-order valence-corrected chi connectivity index (χ0v) is 16.6. The fourth-order valence-corrected chi connectivity index (χ4v) is 2.92. The van der Waals surface area contributed by atoms with Gasteiger partial charge in [-0.1, -0.05) is 6.07 Å². The molecule has 0 bridgehead atoms. The molecular formula is C20H26ClN4O2-. The lowest BCUT2D eigenvalue weighted by Crippen LogP contribution is -2.34. The number of nitrogens with two attached hydrogens (primary N) is 1. The van der Waals surface area contributed by atoms with Crippen LogP contribution in [0.5, 0.6) is 0 Å². The summed E-state index contributed by atoms with van der Waals surface area (Å²) in [5.41, 5.74) is 9.27. The van der Waals surface area contributed by atoms with Gasteiger partial charge in [0.05, 0.1) is 12.0 Å². The SMILES string of the molecule is CCN(CC)c1cc(C)cc(C(Nc2ccc(C(=N)N)cc2)C(=O)[O-])c1.Cl. The number of carboxylic acid groups (broad SMARTS) is 1. The van der Waals surface area contributed by atoms with E-state index in [4.69, 9.17) is 11.1 Å². The Kier molecular flexibility index (Phi) is 8.12. The molecule has 0 fully saturated rings. The Morgan fingerprint density at radius 3 is 2.26 bits per heavy atom. The van der Waals surface area contributed by atoms with Crippen LogP contribution in [0.25, 0.3) is 0 Å². The first-order chi connectivity index (χ1) is 12.3. The van der Waals surface area contributed by atoms with Crippen molar-refractivity contribution in [3.05, 3.63) is 59.2 Å². The lowest BCUT2D eigenvalue weighted by atomic mass is 10.0. The second-order valence-electron chi connectivity index (χ2n) is 6.16. The van der Waals surface area contributed by atoms with Gasteiger partial charge in [0, 0.05) is 30.0 Å². The van der Waals surface area contributed by atoms with Gasteiger partial charge in [-0.15, -0.1) is 12.4 Å². The molecule has 6 nitrogen and oxygen atoms in total. The molecule has 1 atom stereocenters. The van der Waals surface area contributed by atoms with Crippen molar-refractivity contribution in [3.8, 4) is 0 Å². The number of rotatable bonds is 8. The van der Waals surface area contributed by atoms with Crippen LogP contribution in [-0.4, -0.2) is 24.9 Å². The molecule has 0 saturated heterocycles. The molecule has 0 aliphatic heterocycles. The third kappa shape index (κ3) is 5.62. The molecule has 7 heteroatoms. The quantitative estimate of drug-likeness (QED) is 0.475. The number of carbonyl (C=O) groups is 1. The molecule has 2 aromatic carbocycles. The number of nitrogens with one attached hydrogen (secondary N) is 2. The molecule has 0 aliphatic carbocycles. The van der Waals surface area contributed by atoms with Crippen LogP contribution in [0.2, 0.25) is 0 Å². The summed E-state index contributed by atoms with van der Waals surface area (Å²) in [6.45, 7) is 7.77. The minimum absolute atomic E-state index is 0. The molecule has 0 radical (unpaired) electrons. The Morgan fingerprint density at radius 1 is 1.19 bits per heavy atom. The Bertz CT molecular complexity index is 789. The number of aliphatic carboxylic acids is 1. The van der Waals surface area contributed by atoms with Crippen molar-refractivity contribution >= 4 is 35.6 Å². The molecule has 0 saturated carbocycles. The molecular weight excluding hydrogens is 364 g/mol. The smallest absolute Gasteiger partial charge is 0.122 e. The zero-order chi connectivity index (χ0) is 19.3. The van der Waals surface area contributed by atoms with Crippen LogP contribution in [0.15, 0.2) is 42.5 Å². The largest absolute Gasteiger partial charge is 0.548 e. The topological polar surface area (TPSA) is 105 Å². The van der Waals surface area contributed by atoms with E-state index in [1.165, 1.54) is 0 Å². The number of nitrogens with zero attached hydrogens (tertiary/aromatic N) is 1. The Morgan fingerprint density at radius 2 is 1.78 bits per heavy atom. The van der Waals surface area contributed by atoms with Crippen molar-refractivity contribution < 1.29 is 9.90 Å². The average Bonchev–Trinajstić information content (AvgIpc) is 2.60. The number of anilines is 2. The van der Waals surface area contributed by atoms with Crippen molar-refractivity contribution in [2.75, 3.05) is 23.3 Å². The van der Waals surface area contributed by atoms with Crippen LogP contribution in [0.3, 0.4) is 0 Å². The first-order valence-corrected chi connectivity index (χ1v) is 8.64. The van der Waals surface area contributed by atoms with Gasteiger partial charge in [-0.05, 0) is 68.3 Å². The van der Waals surface area contributed by atoms with Gasteiger partial charge in [0.2, 0.25) is 0 Å². The first kappa shape index (κ1) is 22.3. The van der Waals surface area contributed by atoms with Crippen molar-refractivity contribution in [1.29, 1.82) is 5.41 Å². The number of carboxylic acids is 1. The molecule has 0 amide bonds. The monoisotopic (exact) mass is 389 g/mol. The van der Waals surface area contributed by atoms with Gasteiger partial charge in [0.1, 0.15) is 5.84 Å². The zero-order valence-electron chi connectivity index (χ0n) is 15.8. The van der Waals surface area contributed by atoms with E-state index in [1.54, 1.807) is 24.3 Å². The number of amidine groups is 1. The van der Waals surface area contributed by atoms with E-state index in [0.29, 0.717) is 16.8 Å². The first-order valence-electron chi connectivity index (χ1n) is 8.64. The summed E-state index contributed by atoms with van der Waals surface area (Å²) < 4.78 is 0. The molecule has 1 unspecified atom stereocenters. The summed E-state index contributed by atoms with van der Waals surface area (Å²) in [6.07, 6.45) is 0. The molecule has 2 rings (SSSR count). The maximum Gasteiger partial charge on any atom is 0.122 e. The Balaban J connectivity index is 0.00000364. The van der Waals surface area contributed by atoms with Gasteiger partial charge >= 0.3 is 0 Å². The van der Waals surface area contributed by atoms with Crippen molar-refractivity contribution in [1.82, 2.24) is 0 Å². The average molecular weight is 390 g/mol. The van der Waals surface area contributed by atoms with E-state index in [9.17, 15) is 9.90 Å². The number of aryl methyl sites for hydroxylation is 1. The second kappa shape index (κ2) is 9.83. The van der Waals surface area contributed by atoms with Crippen molar-refractivity contribution in [2.45, 2.75) is 26.8 Å². The Hall–Kier alpha value is -2.73. The maximum absolute atomic E-state index is 11.8. The Labute approximate surface area is 166 Å². The molecule has 0 heterocycles. The lowest BCUT2D eigenvalue weighted by molar-refractivity contribution is -0.307. The van der Waals surface area contributed by atoms with E-state index in [1.807, 2.05) is 25.1 Å². The van der Waals surface area contributed by atoms with Gasteiger partial charge in [0.15, 0.2) is 0 Å². The fourth-order valence-electron chi connectivity index (χ4n) is 2.92. The maximum atomic E-state index is 11.8. The highest BCUT2D eigenvalue weighted by Gasteiger charge is 2.15.